The summed E-state index contributed by atoms with van der Waals surface area (Å²) in [5, 5.41) is 23.0. The number of aliphatic hydroxyl groups excluding tert-OH is 1. The van der Waals surface area contributed by atoms with Crippen LogP contribution in [0.25, 0.3) is 0 Å². The number of fused-ring (bicyclic) bond motifs is 1. The Morgan fingerprint density at radius 3 is 2.69 bits per heavy atom. The van der Waals surface area contributed by atoms with Crippen molar-refractivity contribution in [2.75, 3.05) is 26.7 Å². The number of hydrogen-bond donors (Lipinski definition) is 1. The van der Waals surface area contributed by atoms with Crippen molar-refractivity contribution in [3.63, 3.8) is 0 Å². The number of aryl methyl sites for hydroxylation is 2. The van der Waals surface area contributed by atoms with Gasteiger partial charge in [0, 0.05) is 39.6 Å². The predicted molar refractivity (Wildman–Crippen MR) is 93.6 cm³/mol. The molecule has 2 aliphatic heterocycles. The van der Waals surface area contributed by atoms with Crippen LogP contribution in [0, 0.1) is 6.92 Å². The first-order chi connectivity index (χ1) is 12.4. The lowest BCUT2D eigenvalue weighted by Gasteiger charge is -2.21. The fourth-order valence-electron chi connectivity index (χ4n) is 4.04. The van der Waals surface area contributed by atoms with Crippen LogP contribution in [0.2, 0.25) is 0 Å². The number of likely N-dealkylation sites (tertiary alicyclic amines) is 1. The highest BCUT2D eigenvalue weighted by molar-refractivity contribution is 5.92. The standard InChI is InChI=1S/C17H25N7O2/c1-11-8-14(22(3)20-11)17(26)23-5-4-15-18-19-16(24(15)7-6-23)13-9-12(25)10-21(13)2/h8,12-13,25H,4-7,9-10H2,1-3H3/t12-,13+/m1/s1. The molecule has 9 nitrogen and oxygen atoms in total. The van der Waals surface area contributed by atoms with Crippen LogP contribution >= 0.6 is 0 Å². The number of nitrogens with zero attached hydrogens (tertiary/aromatic N) is 7. The Morgan fingerprint density at radius 1 is 1.23 bits per heavy atom. The summed E-state index contributed by atoms with van der Waals surface area (Å²) in [6, 6.07) is 1.90. The minimum absolute atomic E-state index is 0.00164. The molecule has 0 unspecified atom stereocenters. The van der Waals surface area contributed by atoms with E-state index in [1.165, 1.54) is 0 Å². The van der Waals surface area contributed by atoms with Crippen LogP contribution in [-0.4, -0.2) is 78.1 Å². The fraction of sp³-hybridized carbons (Fsp3) is 0.647. The summed E-state index contributed by atoms with van der Waals surface area (Å²) in [6.45, 7) is 4.43. The van der Waals surface area contributed by atoms with Crippen LogP contribution in [0.15, 0.2) is 6.07 Å². The average molecular weight is 359 g/mol. The van der Waals surface area contributed by atoms with Gasteiger partial charge in [0.25, 0.3) is 5.91 Å². The summed E-state index contributed by atoms with van der Waals surface area (Å²) >= 11 is 0. The van der Waals surface area contributed by atoms with E-state index in [0.29, 0.717) is 44.7 Å². The molecule has 9 heteroatoms. The second kappa shape index (κ2) is 6.48. The SMILES string of the molecule is Cc1cc(C(=O)N2CCc3nnc([C@@H]4C[C@@H](O)CN4C)n3CC2)n(C)n1. The van der Waals surface area contributed by atoms with Crippen molar-refractivity contribution in [1.82, 2.24) is 34.3 Å². The van der Waals surface area contributed by atoms with Crippen LogP contribution in [-0.2, 0) is 20.0 Å². The number of aromatic nitrogens is 5. The molecule has 2 aliphatic rings. The van der Waals surface area contributed by atoms with E-state index in [4.69, 9.17) is 0 Å². The van der Waals surface area contributed by atoms with Crippen molar-refractivity contribution in [3.8, 4) is 0 Å². The van der Waals surface area contributed by atoms with Crippen molar-refractivity contribution in [1.29, 1.82) is 0 Å². The number of hydrogen-bond acceptors (Lipinski definition) is 6. The molecule has 4 heterocycles. The van der Waals surface area contributed by atoms with Crippen molar-refractivity contribution in [2.24, 2.45) is 7.05 Å². The first-order valence-electron chi connectivity index (χ1n) is 9.04. The number of carbonyl (C=O) groups excluding carboxylic acids is 1. The maximum Gasteiger partial charge on any atom is 0.272 e. The van der Waals surface area contributed by atoms with Gasteiger partial charge in [0.2, 0.25) is 0 Å². The van der Waals surface area contributed by atoms with E-state index in [-0.39, 0.29) is 18.1 Å². The van der Waals surface area contributed by atoms with Crippen molar-refractivity contribution >= 4 is 5.91 Å². The van der Waals surface area contributed by atoms with Gasteiger partial charge in [-0.15, -0.1) is 10.2 Å². The molecule has 0 spiro atoms. The van der Waals surface area contributed by atoms with Crippen molar-refractivity contribution in [2.45, 2.75) is 38.5 Å². The average Bonchev–Trinajstić information content (AvgIpc) is 3.19. The van der Waals surface area contributed by atoms with E-state index < -0.39 is 0 Å². The summed E-state index contributed by atoms with van der Waals surface area (Å²) in [4.78, 5) is 16.9. The third-order valence-electron chi connectivity index (χ3n) is 5.39. The van der Waals surface area contributed by atoms with Gasteiger partial charge in [-0.05, 0) is 26.5 Å². The van der Waals surface area contributed by atoms with Crippen molar-refractivity contribution in [3.05, 3.63) is 29.1 Å². The minimum atomic E-state index is -0.324. The minimum Gasteiger partial charge on any atom is -0.392 e. The number of carbonyl (C=O) groups is 1. The molecule has 1 fully saturated rings. The maximum atomic E-state index is 12.9. The van der Waals surface area contributed by atoms with Crippen molar-refractivity contribution < 1.29 is 9.90 Å². The molecular weight excluding hydrogens is 334 g/mol. The van der Waals surface area contributed by atoms with Gasteiger partial charge in [0.15, 0.2) is 5.82 Å². The second-order valence-electron chi connectivity index (χ2n) is 7.31. The number of aliphatic hydroxyl groups is 1. The first kappa shape index (κ1) is 17.2. The van der Waals surface area contributed by atoms with Crippen LogP contribution in [0.4, 0.5) is 0 Å². The molecule has 1 amide bonds. The van der Waals surface area contributed by atoms with Gasteiger partial charge >= 0.3 is 0 Å². The van der Waals surface area contributed by atoms with Gasteiger partial charge in [0.05, 0.1) is 17.8 Å². The Bertz CT molecular complexity index is 827. The molecule has 1 N–H and O–H groups in total. The zero-order valence-electron chi connectivity index (χ0n) is 15.5. The summed E-state index contributed by atoms with van der Waals surface area (Å²) in [7, 11) is 3.80. The number of amides is 1. The van der Waals surface area contributed by atoms with Gasteiger partial charge in [-0.25, -0.2) is 0 Å². The van der Waals surface area contributed by atoms with E-state index in [1.54, 1.807) is 11.7 Å². The molecule has 2 aromatic heterocycles. The molecule has 2 atom stereocenters. The van der Waals surface area contributed by atoms with Gasteiger partial charge < -0.3 is 14.6 Å². The van der Waals surface area contributed by atoms with Gasteiger partial charge in [-0.2, -0.15) is 5.10 Å². The second-order valence-corrected chi connectivity index (χ2v) is 7.31. The third kappa shape index (κ3) is 2.90. The fourth-order valence-corrected chi connectivity index (χ4v) is 4.04. The van der Waals surface area contributed by atoms with Crippen LogP contribution in [0.1, 0.15) is 40.3 Å². The molecule has 0 bridgehead atoms. The summed E-state index contributed by atoms with van der Waals surface area (Å²) in [5.41, 5.74) is 1.45. The third-order valence-corrected chi connectivity index (χ3v) is 5.39. The smallest absolute Gasteiger partial charge is 0.272 e. The summed E-state index contributed by atoms with van der Waals surface area (Å²) in [6.07, 6.45) is 1.02. The molecule has 0 aromatic carbocycles. The van der Waals surface area contributed by atoms with Crippen LogP contribution in [0.5, 0.6) is 0 Å². The van der Waals surface area contributed by atoms with E-state index in [9.17, 15) is 9.90 Å². The number of likely N-dealkylation sites (N-methyl/N-ethyl adjacent to an activating group) is 1. The molecular formula is C17H25N7O2. The largest absolute Gasteiger partial charge is 0.392 e. The Hall–Kier alpha value is -2.26. The highest BCUT2D eigenvalue weighted by atomic mass is 16.3. The molecule has 4 rings (SSSR count). The van der Waals surface area contributed by atoms with Crippen LogP contribution in [0.3, 0.4) is 0 Å². The lowest BCUT2D eigenvalue weighted by Crippen LogP contribution is -2.35. The zero-order chi connectivity index (χ0) is 18.4. The van der Waals surface area contributed by atoms with E-state index in [0.717, 1.165) is 17.3 Å². The zero-order valence-corrected chi connectivity index (χ0v) is 15.5. The lowest BCUT2D eigenvalue weighted by atomic mass is 10.2. The lowest BCUT2D eigenvalue weighted by molar-refractivity contribution is 0.0747. The molecule has 26 heavy (non-hydrogen) atoms. The molecule has 0 aliphatic carbocycles. The Kier molecular flexibility index (Phi) is 4.28. The molecule has 0 saturated carbocycles. The molecule has 1 saturated heterocycles. The molecule has 2 aromatic rings. The Labute approximate surface area is 152 Å². The van der Waals surface area contributed by atoms with E-state index in [1.807, 2.05) is 24.9 Å². The maximum absolute atomic E-state index is 12.9. The Morgan fingerprint density at radius 2 is 2.04 bits per heavy atom. The van der Waals surface area contributed by atoms with Gasteiger partial charge in [-0.1, -0.05) is 0 Å². The van der Waals surface area contributed by atoms with Gasteiger partial charge in [-0.3, -0.25) is 14.4 Å². The van der Waals surface area contributed by atoms with Crippen LogP contribution < -0.4 is 0 Å². The summed E-state index contributed by atoms with van der Waals surface area (Å²) < 4.78 is 3.77. The predicted octanol–water partition coefficient (Wildman–Crippen LogP) is -0.244. The van der Waals surface area contributed by atoms with E-state index >= 15 is 0 Å². The number of β-amino-alcohol motifs (C(OH)–C–C–N with tert-alkyl or cyclic N) is 1. The quantitative estimate of drug-likeness (QED) is 0.795. The summed E-state index contributed by atoms with van der Waals surface area (Å²) in [5.74, 6) is 1.80. The monoisotopic (exact) mass is 359 g/mol. The normalized spacial score (nSPS) is 23.9. The Balaban J connectivity index is 1.53. The number of rotatable bonds is 2. The molecule has 140 valence electrons. The molecule has 0 radical (unpaired) electrons. The highest BCUT2D eigenvalue weighted by Gasteiger charge is 2.34. The highest BCUT2D eigenvalue weighted by Crippen LogP contribution is 2.30. The topological polar surface area (TPSA) is 92.3 Å². The van der Waals surface area contributed by atoms with Gasteiger partial charge in [0.1, 0.15) is 11.5 Å². The van der Waals surface area contributed by atoms with E-state index in [2.05, 4.69) is 24.8 Å². The first-order valence-corrected chi connectivity index (χ1v) is 9.04.